The molecule has 0 saturated carbocycles. The molecule has 0 unspecified atom stereocenters. The lowest BCUT2D eigenvalue weighted by molar-refractivity contribution is -0.119. The minimum Gasteiger partial charge on any atom is -0.274 e. The number of carbonyl (C=O) groups is 2. The van der Waals surface area contributed by atoms with Crippen LogP contribution in [0.3, 0.4) is 0 Å². The number of benzene rings is 1. The van der Waals surface area contributed by atoms with Crippen molar-refractivity contribution in [2.45, 2.75) is 6.92 Å². The minimum atomic E-state index is -0.587. The molecule has 6 heteroatoms. The fourth-order valence-corrected chi connectivity index (χ4v) is 1.31. The largest absolute Gasteiger partial charge is 0.274 e. The van der Waals surface area contributed by atoms with Crippen molar-refractivity contribution in [3.63, 3.8) is 0 Å². The van der Waals surface area contributed by atoms with Crippen LogP contribution in [0.2, 0.25) is 0 Å². The van der Waals surface area contributed by atoms with E-state index in [2.05, 4.69) is 26.8 Å². The summed E-state index contributed by atoms with van der Waals surface area (Å²) >= 11 is 3.10. The Kier molecular flexibility index (Phi) is 3.79. The zero-order chi connectivity index (χ0) is 11.4. The van der Waals surface area contributed by atoms with Crippen LogP contribution in [-0.2, 0) is 4.79 Å². The number of rotatable bonds is 1. The van der Waals surface area contributed by atoms with Gasteiger partial charge in [-0.15, -0.1) is 0 Å². The van der Waals surface area contributed by atoms with Crippen LogP contribution in [0.1, 0.15) is 17.3 Å². The molecule has 0 bridgehead atoms. The maximum atomic E-state index is 12.8. The van der Waals surface area contributed by atoms with E-state index in [0.29, 0.717) is 4.47 Å². The van der Waals surface area contributed by atoms with E-state index in [-0.39, 0.29) is 5.56 Å². The molecule has 0 aliphatic heterocycles. The Morgan fingerprint density at radius 2 is 2.00 bits per heavy atom. The summed E-state index contributed by atoms with van der Waals surface area (Å²) in [7, 11) is 0. The van der Waals surface area contributed by atoms with Gasteiger partial charge in [0, 0.05) is 11.4 Å². The third-order valence-corrected chi connectivity index (χ3v) is 2.22. The first-order chi connectivity index (χ1) is 7.00. The Morgan fingerprint density at radius 1 is 1.33 bits per heavy atom. The molecule has 0 fully saturated rings. The van der Waals surface area contributed by atoms with Gasteiger partial charge >= 0.3 is 0 Å². The molecule has 0 saturated heterocycles. The summed E-state index contributed by atoms with van der Waals surface area (Å²) in [6, 6.07) is 3.71. The molecule has 1 rings (SSSR count). The fourth-order valence-electron chi connectivity index (χ4n) is 0.884. The predicted octanol–water partition coefficient (Wildman–Crippen LogP) is 1.37. The first kappa shape index (κ1) is 11.6. The van der Waals surface area contributed by atoms with Crippen LogP contribution >= 0.6 is 15.9 Å². The van der Waals surface area contributed by atoms with E-state index in [0.717, 1.165) is 6.07 Å². The maximum Gasteiger partial charge on any atom is 0.270 e. The summed E-state index contributed by atoms with van der Waals surface area (Å²) in [5, 5.41) is 0. The molecule has 0 atom stereocenters. The first-order valence-electron chi connectivity index (χ1n) is 4.02. The molecule has 0 heterocycles. The molecule has 0 aliphatic rings. The van der Waals surface area contributed by atoms with Crippen molar-refractivity contribution in [2.75, 3.05) is 0 Å². The molecule has 0 aromatic heterocycles. The van der Waals surface area contributed by atoms with E-state index in [1.807, 2.05) is 0 Å². The van der Waals surface area contributed by atoms with Gasteiger partial charge in [0.1, 0.15) is 5.82 Å². The number of hydrazine groups is 1. The van der Waals surface area contributed by atoms with Crippen LogP contribution in [0, 0.1) is 5.82 Å². The number of amides is 2. The number of nitrogens with one attached hydrogen (secondary N) is 2. The Hall–Kier alpha value is -1.43. The molecule has 1 aromatic rings. The van der Waals surface area contributed by atoms with Gasteiger partial charge in [-0.05, 0) is 34.1 Å². The van der Waals surface area contributed by atoms with Crippen LogP contribution in [0.5, 0.6) is 0 Å². The van der Waals surface area contributed by atoms with E-state index in [4.69, 9.17) is 0 Å². The average Bonchev–Trinajstić information content (AvgIpc) is 2.18. The maximum absolute atomic E-state index is 12.8. The van der Waals surface area contributed by atoms with Gasteiger partial charge in [0.15, 0.2) is 0 Å². The van der Waals surface area contributed by atoms with Crippen molar-refractivity contribution < 1.29 is 14.0 Å². The zero-order valence-electron chi connectivity index (χ0n) is 7.80. The number of halogens is 2. The van der Waals surface area contributed by atoms with Crippen LogP contribution < -0.4 is 10.9 Å². The Bertz CT molecular complexity index is 409. The van der Waals surface area contributed by atoms with Crippen LogP contribution in [0.15, 0.2) is 22.7 Å². The van der Waals surface area contributed by atoms with Gasteiger partial charge in [-0.2, -0.15) is 0 Å². The third-order valence-electron chi connectivity index (χ3n) is 1.53. The zero-order valence-corrected chi connectivity index (χ0v) is 9.39. The smallest absolute Gasteiger partial charge is 0.270 e. The van der Waals surface area contributed by atoms with Crippen molar-refractivity contribution in [3.8, 4) is 0 Å². The molecule has 15 heavy (non-hydrogen) atoms. The van der Waals surface area contributed by atoms with Gasteiger partial charge in [-0.1, -0.05) is 0 Å². The lowest BCUT2D eigenvalue weighted by atomic mass is 10.2. The summed E-state index contributed by atoms with van der Waals surface area (Å²) in [4.78, 5) is 21.9. The molecule has 0 aliphatic carbocycles. The summed E-state index contributed by atoms with van der Waals surface area (Å²) in [5.74, 6) is -1.52. The molecule has 2 amide bonds. The molecule has 2 N–H and O–H groups in total. The summed E-state index contributed by atoms with van der Waals surface area (Å²) in [6.45, 7) is 1.25. The van der Waals surface area contributed by atoms with E-state index >= 15 is 0 Å². The quantitative estimate of drug-likeness (QED) is 0.760. The molecule has 4 nitrogen and oxygen atoms in total. The highest BCUT2D eigenvalue weighted by Crippen LogP contribution is 2.17. The molecular formula is C9H8BrFN2O2. The van der Waals surface area contributed by atoms with Crippen LogP contribution in [-0.4, -0.2) is 11.8 Å². The highest BCUT2D eigenvalue weighted by atomic mass is 79.9. The van der Waals surface area contributed by atoms with E-state index < -0.39 is 17.6 Å². The summed E-state index contributed by atoms with van der Waals surface area (Å²) in [5.41, 5.74) is 4.35. The second-order valence-corrected chi connectivity index (χ2v) is 3.61. The molecular weight excluding hydrogens is 267 g/mol. The van der Waals surface area contributed by atoms with Crippen molar-refractivity contribution in [1.82, 2.24) is 10.9 Å². The molecule has 80 valence electrons. The van der Waals surface area contributed by atoms with Gasteiger partial charge in [0.05, 0.1) is 5.56 Å². The predicted molar refractivity (Wildman–Crippen MR) is 55.4 cm³/mol. The third kappa shape index (κ3) is 3.32. The molecule has 0 spiro atoms. The van der Waals surface area contributed by atoms with Crippen LogP contribution in [0.4, 0.5) is 4.39 Å². The second-order valence-electron chi connectivity index (χ2n) is 2.76. The van der Waals surface area contributed by atoms with Gasteiger partial charge in [0.2, 0.25) is 5.91 Å². The highest BCUT2D eigenvalue weighted by Gasteiger charge is 2.10. The Labute approximate surface area is 94.0 Å². The highest BCUT2D eigenvalue weighted by molar-refractivity contribution is 9.10. The van der Waals surface area contributed by atoms with Gasteiger partial charge < -0.3 is 0 Å². The van der Waals surface area contributed by atoms with Crippen LogP contribution in [0.25, 0.3) is 0 Å². The Morgan fingerprint density at radius 3 is 2.60 bits per heavy atom. The van der Waals surface area contributed by atoms with Gasteiger partial charge in [0.25, 0.3) is 5.91 Å². The van der Waals surface area contributed by atoms with Gasteiger partial charge in [-0.25, -0.2) is 4.39 Å². The number of carbonyl (C=O) groups excluding carboxylic acids is 2. The van der Waals surface area contributed by atoms with E-state index in [9.17, 15) is 14.0 Å². The fraction of sp³-hybridized carbons (Fsp3) is 0.111. The van der Waals surface area contributed by atoms with Crippen molar-refractivity contribution in [3.05, 3.63) is 34.1 Å². The number of hydrogen-bond donors (Lipinski definition) is 2. The number of hydrogen-bond acceptors (Lipinski definition) is 2. The van der Waals surface area contributed by atoms with Crippen molar-refractivity contribution >= 4 is 27.7 Å². The molecule has 0 radical (unpaired) electrons. The van der Waals surface area contributed by atoms with E-state index in [1.54, 1.807) is 0 Å². The summed E-state index contributed by atoms with van der Waals surface area (Å²) < 4.78 is 13.3. The standard InChI is InChI=1S/C9H8BrFN2O2/c1-5(14)12-13-9(15)7-4-6(11)2-3-8(7)10/h2-4H,1H3,(H,12,14)(H,13,15). The first-order valence-corrected chi connectivity index (χ1v) is 4.82. The second kappa shape index (κ2) is 4.88. The lowest BCUT2D eigenvalue weighted by Gasteiger charge is -2.06. The average molecular weight is 275 g/mol. The lowest BCUT2D eigenvalue weighted by Crippen LogP contribution is -2.40. The Balaban J connectivity index is 2.81. The SMILES string of the molecule is CC(=O)NNC(=O)c1cc(F)ccc1Br. The summed E-state index contributed by atoms with van der Waals surface area (Å²) in [6.07, 6.45) is 0. The van der Waals surface area contributed by atoms with Gasteiger partial charge in [-0.3, -0.25) is 20.4 Å². The monoisotopic (exact) mass is 274 g/mol. The van der Waals surface area contributed by atoms with Crippen molar-refractivity contribution in [2.24, 2.45) is 0 Å². The molecule has 1 aromatic carbocycles. The van der Waals surface area contributed by atoms with E-state index in [1.165, 1.54) is 19.1 Å². The topological polar surface area (TPSA) is 58.2 Å². The minimum absolute atomic E-state index is 0.115. The normalized spacial score (nSPS) is 9.53. The van der Waals surface area contributed by atoms with Crippen molar-refractivity contribution in [1.29, 1.82) is 0 Å².